The van der Waals surface area contributed by atoms with Gasteiger partial charge in [0.2, 0.25) is 0 Å². The first-order valence-corrected chi connectivity index (χ1v) is 24.4. The van der Waals surface area contributed by atoms with E-state index in [0.717, 1.165) is 22.2 Å². The van der Waals surface area contributed by atoms with Gasteiger partial charge in [-0.25, -0.2) is 0 Å². The molecule has 0 bridgehead atoms. The van der Waals surface area contributed by atoms with Crippen molar-refractivity contribution in [2.24, 2.45) is 0 Å². The largest absolute Gasteiger partial charge is 0.512 e. The van der Waals surface area contributed by atoms with Crippen LogP contribution in [0, 0.1) is 13.0 Å². The first-order valence-electron chi connectivity index (χ1n) is 23.6. The fourth-order valence-corrected chi connectivity index (χ4v) is 9.05. The molecule has 3 radical (unpaired) electrons. The Kier molecular flexibility index (Phi) is 16.6. The maximum absolute atomic E-state index is 10.0. The average molecular weight is 1130 g/mol. The number of fused-ring (bicyclic) bond motifs is 7. The quantitative estimate of drug-likeness (QED) is 0.0593. The van der Waals surface area contributed by atoms with Crippen molar-refractivity contribution in [2.75, 3.05) is 6.06 Å². The molecule has 8 heteroatoms. The van der Waals surface area contributed by atoms with Crippen molar-refractivity contribution in [3.8, 4) is 44.9 Å². The number of para-hydroxylation sites is 4. The van der Waals surface area contributed by atoms with Gasteiger partial charge in [-0.3, -0.25) is 9.78 Å². The minimum atomic E-state index is -0.125. The van der Waals surface area contributed by atoms with Crippen molar-refractivity contribution in [3.05, 3.63) is 248 Å². The number of carbonyl (C=O) groups excluding carboxylic acids is 1. The van der Waals surface area contributed by atoms with Crippen molar-refractivity contribution in [2.45, 2.75) is 20.8 Å². The molecule has 1 N–H and O–H groups in total. The Morgan fingerprint density at radius 2 is 0.972 bits per heavy atom. The van der Waals surface area contributed by atoms with Crippen molar-refractivity contribution in [1.82, 2.24) is 14.1 Å². The zero-order chi connectivity index (χ0) is 49.3. The van der Waals surface area contributed by atoms with E-state index in [1.807, 2.05) is 12.1 Å². The van der Waals surface area contributed by atoms with Crippen LogP contribution in [0.2, 0.25) is 0 Å². The van der Waals surface area contributed by atoms with Gasteiger partial charge in [-0.2, -0.15) is 0 Å². The Morgan fingerprint density at radius 1 is 0.556 bits per heavy atom. The van der Waals surface area contributed by atoms with E-state index in [1.54, 1.807) is 0 Å². The van der Waals surface area contributed by atoms with Crippen molar-refractivity contribution >= 4 is 77.4 Å². The second-order valence-corrected chi connectivity index (χ2v) is 17.7. The van der Waals surface area contributed by atoms with E-state index in [4.69, 9.17) is 17.9 Å². The number of allylic oxidation sites excluding steroid dienone is 2. The number of aromatic nitrogens is 3. The monoisotopic (exact) mass is 1130 g/mol. The topological polar surface area (TPSA) is 60.0 Å². The van der Waals surface area contributed by atoms with E-state index < -0.39 is 0 Å². The normalized spacial score (nSPS) is 11.0. The molecule has 12 aromatic rings. The van der Waals surface area contributed by atoms with Crippen molar-refractivity contribution < 1.29 is 30.0 Å². The van der Waals surface area contributed by atoms with Gasteiger partial charge < -0.3 is 14.2 Å². The van der Waals surface area contributed by atoms with Gasteiger partial charge in [0.25, 0.3) is 0 Å². The Balaban J connectivity index is 0.000000173. The number of benzene rings is 9. The van der Waals surface area contributed by atoms with E-state index in [2.05, 4.69) is 244 Å². The number of aliphatic hydroxyl groups is 1. The number of pyridine rings is 1. The van der Waals surface area contributed by atoms with Crippen LogP contribution in [-0.2, 0) is 24.9 Å². The van der Waals surface area contributed by atoms with Gasteiger partial charge in [-0.15, -0.1) is 44.6 Å². The van der Waals surface area contributed by atoms with Crippen molar-refractivity contribution in [3.63, 3.8) is 0 Å². The zero-order valence-electron chi connectivity index (χ0n) is 40.3. The third-order valence-electron chi connectivity index (χ3n) is 12.2. The summed E-state index contributed by atoms with van der Waals surface area (Å²) in [4.78, 5) is 14.8. The van der Waals surface area contributed by atoms with Gasteiger partial charge >= 0.3 is 0 Å². The molecule has 0 aliphatic heterocycles. The fourth-order valence-electron chi connectivity index (χ4n) is 9.05. The molecular formula is C64H52BIrN3O2P-. The van der Waals surface area contributed by atoms with Crippen molar-refractivity contribution in [1.29, 1.82) is 0 Å². The summed E-state index contributed by atoms with van der Waals surface area (Å²) in [5.74, 6) is -0.0625. The molecule has 1 atom stereocenters. The number of carbonyl (C=O) groups is 1. The molecule has 72 heavy (non-hydrogen) atoms. The fraction of sp³-hybridized carbons (Fsp3) is 0.0625. The van der Waals surface area contributed by atoms with Crippen LogP contribution in [0.1, 0.15) is 19.4 Å². The number of hydrogen-bond donors (Lipinski definition) is 1. The third-order valence-corrected chi connectivity index (χ3v) is 12.2. The maximum Gasteiger partial charge on any atom is 0.155 e. The van der Waals surface area contributed by atoms with Crippen LogP contribution in [0.5, 0.6) is 0 Å². The second kappa shape index (κ2) is 23.5. The SMILES string of the molecule is CC(=O)C=C(C)O.Cc1c[c-]c(-c2ccc3cc(-c4ccccc4)ccc3n2)cc1.[B]CP.[Ir].c1ccc2c(c1)c1ccccc1n2-c1ccc(-c2ccc(-n3c4ccccc4c4ccccc43)cc2)cc1. The second-order valence-electron chi connectivity index (χ2n) is 17.2. The summed E-state index contributed by atoms with van der Waals surface area (Å²) in [6, 6.07) is 83.6. The molecule has 0 aliphatic rings. The Morgan fingerprint density at radius 3 is 1.38 bits per heavy atom. The van der Waals surface area contributed by atoms with Gasteiger partial charge in [0.1, 0.15) is 0 Å². The standard InChI is InChI=1S/C36H24N2.C22H16N.C5H8O2.CH4BP.Ir/c1-5-13-33-29(9-1)30-10-2-6-14-34(30)37(33)27-21-17-25(18-22-27)26-19-23-28(24-20-26)38-35-15-7-3-11-31(35)32-12-4-8-16-36(32)38;1-16-7-9-18(10-8-16)21-14-12-20-15-19(11-13-22(20)23-21)17-5-3-2-4-6-17;1-4(6)3-5(2)7;2-1-3;/h1-24H;2-9,11-15H,1H3;3,6H,1-2H3;1,3H2;/q;-1;;;. The summed E-state index contributed by atoms with van der Waals surface area (Å²) in [6.07, 6.45) is 1.17. The third kappa shape index (κ3) is 11.3. The number of nitrogens with zero attached hydrogens (tertiary/aromatic N) is 3. The van der Waals surface area contributed by atoms with Crippen LogP contribution in [0.3, 0.4) is 0 Å². The van der Waals surface area contributed by atoms with E-state index in [0.29, 0.717) is 6.06 Å². The first kappa shape index (κ1) is 50.7. The first-order chi connectivity index (χ1) is 34.7. The molecule has 3 heterocycles. The predicted molar refractivity (Wildman–Crippen MR) is 304 cm³/mol. The summed E-state index contributed by atoms with van der Waals surface area (Å²) in [6.45, 7) is 4.92. The van der Waals surface area contributed by atoms with E-state index in [1.165, 1.54) is 103 Å². The Bertz CT molecular complexity index is 3540. The Hall–Kier alpha value is -7.66. The number of rotatable bonds is 6. The minimum absolute atomic E-state index is 0. The minimum Gasteiger partial charge on any atom is -0.512 e. The number of aryl methyl sites for hydroxylation is 1. The molecule has 0 fully saturated rings. The summed E-state index contributed by atoms with van der Waals surface area (Å²) in [7, 11) is 7.17. The molecule has 0 aliphatic carbocycles. The van der Waals surface area contributed by atoms with Gasteiger partial charge in [-0.05, 0) is 108 Å². The molecule has 12 rings (SSSR count). The average Bonchev–Trinajstić information content (AvgIpc) is 3.92. The molecule has 0 spiro atoms. The van der Waals surface area contributed by atoms with Crippen LogP contribution in [0.4, 0.5) is 0 Å². The molecule has 5 nitrogen and oxygen atoms in total. The van der Waals surface area contributed by atoms with E-state index >= 15 is 0 Å². The summed E-state index contributed by atoms with van der Waals surface area (Å²) < 4.78 is 4.72. The number of aliphatic hydroxyl groups excluding tert-OH is 1. The van der Waals surface area contributed by atoms with Crippen LogP contribution in [0.15, 0.2) is 236 Å². The van der Waals surface area contributed by atoms with Gasteiger partial charge in [0.15, 0.2) is 5.78 Å². The molecule has 0 saturated carbocycles. The van der Waals surface area contributed by atoms with Gasteiger partial charge in [-0.1, -0.05) is 159 Å². The molecule has 0 saturated heterocycles. The van der Waals surface area contributed by atoms with E-state index in [9.17, 15) is 4.79 Å². The molecular weight excluding hydrogens is 1080 g/mol. The predicted octanol–water partition coefficient (Wildman–Crippen LogP) is 16.2. The van der Waals surface area contributed by atoms with E-state index in [-0.39, 0.29) is 31.6 Å². The molecule has 353 valence electrons. The number of ketones is 1. The zero-order valence-corrected chi connectivity index (χ0v) is 43.9. The van der Waals surface area contributed by atoms with Crippen LogP contribution in [-0.4, -0.2) is 38.9 Å². The molecule has 1 unspecified atom stereocenters. The summed E-state index contributed by atoms with van der Waals surface area (Å²) in [5.41, 5.74) is 16.4. The molecule has 0 amide bonds. The van der Waals surface area contributed by atoms with Crippen LogP contribution < -0.4 is 0 Å². The maximum atomic E-state index is 10.0. The number of hydrogen-bond acceptors (Lipinski definition) is 3. The Labute approximate surface area is 438 Å². The van der Waals surface area contributed by atoms with Crippen LogP contribution in [0.25, 0.3) is 99.4 Å². The van der Waals surface area contributed by atoms with Crippen LogP contribution >= 0.6 is 9.24 Å². The smallest absolute Gasteiger partial charge is 0.155 e. The van der Waals surface area contributed by atoms with Gasteiger partial charge in [0, 0.05) is 59.1 Å². The molecule has 9 aromatic carbocycles. The summed E-state index contributed by atoms with van der Waals surface area (Å²) >= 11 is 0. The summed E-state index contributed by atoms with van der Waals surface area (Å²) in [5, 5.41) is 14.7. The molecule has 3 aromatic heterocycles. The van der Waals surface area contributed by atoms with Gasteiger partial charge in [0.05, 0.1) is 41.2 Å².